The van der Waals surface area contributed by atoms with Crippen LogP contribution in [0.1, 0.15) is 56.3 Å². The molecule has 2 aromatic carbocycles. The van der Waals surface area contributed by atoms with Gasteiger partial charge in [-0.05, 0) is 50.5 Å². The van der Waals surface area contributed by atoms with E-state index in [-0.39, 0.29) is 5.97 Å². The van der Waals surface area contributed by atoms with Gasteiger partial charge in [-0.2, -0.15) is 4.98 Å². The highest BCUT2D eigenvalue weighted by Crippen LogP contribution is 2.37. The molecule has 0 radical (unpaired) electrons. The summed E-state index contributed by atoms with van der Waals surface area (Å²) in [5, 5.41) is 8.69. The molecule has 0 saturated carbocycles. The summed E-state index contributed by atoms with van der Waals surface area (Å²) in [4.78, 5) is 17.6. The van der Waals surface area contributed by atoms with Crippen LogP contribution in [0.3, 0.4) is 0 Å². The van der Waals surface area contributed by atoms with Crippen molar-refractivity contribution in [2.75, 3.05) is 17.7 Å². The van der Waals surface area contributed by atoms with Crippen molar-refractivity contribution < 1.29 is 14.3 Å². The van der Waals surface area contributed by atoms with Gasteiger partial charge in [0.2, 0.25) is 11.1 Å². The van der Waals surface area contributed by atoms with Crippen LogP contribution in [-0.2, 0) is 16.1 Å². The van der Waals surface area contributed by atoms with Crippen LogP contribution in [0.4, 0.5) is 5.95 Å². The molecule has 7 nitrogen and oxygen atoms in total. The number of hydrogen-bond donors (Lipinski definition) is 1. The average molecular weight is 493 g/mol. The van der Waals surface area contributed by atoms with Crippen LogP contribution in [-0.4, -0.2) is 33.1 Å². The van der Waals surface area contributed by atoms with Gasteiger partial charge in [-0.15, -0.1) is 5.10 Å². The van der Waals surface area contributed by atoms with E-state index in [2.05, 4.69) is 48.4 Å². The Morgan fingerprint density at radius 1 is 1.09 bits per heavy atom. The molecule has 184 valence electrons. The average Bonchev–Trinajstić information content (AvgIpc) is 3.25. The summed E-state index contributed by atoms with van der Waals surface area (Å²) in [7, 11) is 0. The predicted molar refractivity (Wildman–Crippen MR) is 139 cm³/mol. The molecule has 0 saturated heterocycles. The van der Waals surface area contributed by atoms with Crippen LogP contribution in [0.25, 0.3) is 0 Å². The maximum absolute atomic E-state index is 13.0. The molecule has 0 amide bonds. The van der Waals surface area contributed by atoms with E-state index in [0.717, 1.165) is 41.2 Å². The van der Waals surface area contributed by atoms with Gasteiger partial charge in [0.25, 0.3) is 0 Å². The van der Waals surface area contributed by atoms with Crippen molar-refractivity contribution in [3.63, 3.8) is 0 Å². The van der Waals surface area contributed by atoms with Crippen molar-refractivity contribution in [3.8, 4) is 5.75 Å². The van der Waals surface area contributed by atoms with Gasteiger partial charge < -0.3 is 14.8 Å². The zero-order chi connectivity index (χ0) is 24.8. The van der Waals surface area contributed by atoms with Gasteiger partial charge in [-0.25, -0.2) is 9.48 Å². The number of nitrogens with zero attached hydrogens (tertiary/aromatic N) is 3. The number of anilines is 1. The number of carbonyl (C=O) groups is 1. The first-order valence-corrected chi connectivity index (χ1v) is 13.0. The lowest BCUT2D eigenvalue weighted by Crippen LogP contribution is -2.29. The molecule has 0 spiro atoms. The molecule has 1 N–H and O–H groups in total. The maximum Gasteiger partial charge on any atom is 0.338 e. The first kappa shape index (κ1) is 24.9. The minimum absolute atomic E-state index is 0.302. The molecule has 1 aliphatic heterocycles. The van der Waals surface area contributed by atoms with E-state index in [1.165, 1.54) is 5.56 Å². The first-order chi connectivity index (χ1) is 17.0. The van der Waals surface area contributed by atoms with Gasteiger partial charge in [0.05, 0.1) is 12.2 Å². The van der Waals surface area contributed by atoms with Crippen LogP contribution in [0.5, 0.6) is 5.75 Å². The zero-order valence-electron chi connectivity index (χ0n) is 20.7. The molecule has 1 unspecified atom stereocenters. The third-order valence-electron chi connectivity index (χ3n) is 5.78. The van der Waals surface area contributed by atoms with Crippen LogP contribution in [0, 0.1) is 6.92 Å². The lowest BCUT2D eigenvalue weighted by molar-refractivity contribution is -0.139. The number of unbranched alkanes of at least 4 members (excludes halogenated alkanes) is 1. The Morgan fingerprint density at radius 2 is 1.83 bits per heavy atom. The third kappa shape index (κ3) is 5.88. The summed E-state index contributed by atoms with van der Waals surface area (Å²) in [6.07, 6.45) is 2.22. The smallest absolute Gasteiger partial charge is 0.338 e. The van der Waals surface area contributed by atoms with Gasteiger partial charge in [0.15, 0.2) is 0 Å². The molecule has 8 heteroatoms. The molecule has 35 heavy (non-hydrogen) atoms. The molecular formula is C27H32N4O3S. The molecule has 2 heterocycles. The number of aryl methyl sites for hydroxylation is 1. The second-order valence-corrected chi connectivity index (χ2v) is 9.56. The minimum atomic E-state index is -0.440. The number of nitrogens with one attached hydrogen (secondary N) is 1. The number of fused-ring (bicyclic) bond motifs is 1. The summed E-state index contributed by atoms with van der Waals surface area (Å²) in [6.45, 7) is 8.71. The summed E-state index contributed by atoms with van der Waals surface area (Å²) < 4.78 is 13.2. The Balaban J connectivity index is 1.60. The lowest BCUT2D eigenvalue weighted by Gasteiger charge is -2.28. The maximum atomic E-state index is 13.0. The molecule has 4 rings (SSSR count). The van der Waals surface area contributed by atoms with Gasteiger partial charge in [0, 0.05) is 11.4 Å². The molecule has 0 bridgehead atoms. The number of benzene rings is 2. The molecule has 1 aromatic heterocycles. The van der Waals surface area contributed by atoms with Gasteiger partial charge in [-0.1, -0.05) is 67.1 Å². The first-order valence-electron chi connectivity index (χ1n) is 12.0. The molecular weight excluding hydrogens is 460 g/mol. The van der Waals surface area contributed by atoms with E-state index >= 15 is 0 Å². The highest BCUT2D eigenvalue weighted by molar-refractivity contribution is 7.99. The van der Waals surface area contributed by atoms with Crippen molar-refractivity contribution in [3.05, 3.63) is 76.5 Å². The van der Waals surface area contributed by atoms with E-state index in [4.69, 9.17) is 14.6 Å². The fourth-order valence-electron chi connectivity index (χ4n) is 3.88. The van der Waals surface area contributed by atoms with Crippen molar-refractivity contribution >= 4 is 23.7 Å². The van der Waals surface area contributed by atoms with E-state index < -0.39 is 6.04 Å². The standard InChI is InChI=1S/C27H32N4O3S/c1-5-7-16-35-27-29-26-28-19(4)23(25(32)33-6-2)24(31(26)30-27)21-12-14-22(15-13-21)34-17-20-10-8-18(3)9-11-20/h8-15,24H,5-7,16-17H2,1-4H3,(H,28,29,30). The van der Waals surface area contributed by atoms with Crippen LogP contribution < -0.4 is 10.1 Å². The van der Waals surface area contributed by atoms with Crippen LogP contribution in [0.15, 0.2) is 65.0 Å². The minimum Gasteiger partial charge on any atom is -0.489 e. The highest BCUT2D eigenvalue weighted by atomic mass is 32.2. The number of allylic oxidation sites excluding steroid dienone is 1. The molecule has 3 aromatic rings. The van der Waals surface area contributed by atoms with Crippen molar-refractivity contribution in [1.82, 2.24) is 14.8 Å². The summed E-state index contributed by atoms with van der Waals surface area (Å²) >= 11 is 1.63. The topological polar surface area (TPSA) is 78.3 Å². The Bertz CT molecular complexity index is 1190. The lowest BCUT2D eigenvalue weighted by atomic mass is 9.96. The number of aromatic nitrogens is 3. The van der Waals surface area contributed by atoms with Gasteiger partial charge in [0.1, 0.15) is 18.4 Å². The van der Waals surface area contributed by atoms with E-state index in [1.54, 1.807) is 16.4 Å². The summed E-state index contributed by atoms with van der Waals surface area (Å²) in [5.41, 5.74) is 4.50. The van der Waals surface area contributed by atoms with E-state index in [1.807, 2.05) is 38.1 Å². The third-order valence-corrected chi connectivity index (χ3v) is 6.70. The monoisotopic (exact) mass is 492 g/mol. The molecule has 0 fully saturated rings. The predicted octanol–water partition coefficient (Wildman–Crippen LogP) is 5.91. The molecule has 0 aliphatic carbocycles. The summed E-state index contributed by atoms with van der Waals surface area (Å²) in [5.74, 6) is 1.98. The highest BCUT2D eigenvalue weighted by Gasteiger charge is 2.35. The van der Waals surface area contributed by atoms with Gasteiger partial charge in [-0.3, -0.25) is 0 Å². The zero-order valence-corrected chi connectivity index (χ0v) is 21.5. The Morgan fingerprint density at radius 3 is 2.51 bits per heavy atom. The number of hydrogen-bond acceptors (Lipinski definition) is 7. The van der Waals surface area contributed by atoms with Crippen LogP contribution in [0.2, 0.25) is 0 Å². The quantitative estimate of drug-likeness (QED) is 0.214. The van der Waals surface area contributed by atoms with Crippen molar-refractivity contribution in [2.24, 2.45) is 0 Å². The number of ether oxygens (including phenoxy) is 2. The number of thioether (sulfide) groups is 1. The Kier molecular flexibility index (Phi) is 8.13. The SMILES string of the molecule is CCCCSc1nc2n(n1)C(c1ccc(OCc3ccc(C)cc3)cc1)C(C(=O)OCC)=C(C)N2. The van der Waals surface area contributed by atoms with Crippen molar-refractivity contribution in [1.29, 1.82) is 0 Å². The molecule has 1 atom stereocenters. The number of carbonyl (C=O) groups excluding carboxylic acids is 1. The van der Waals surface area contributed by atoms with Gasteiger partial charge >= 0.3 is 5.97 Å². The number of rotatable bonds is 10. The van der Waals surface area contributed by atoms with E-state index in [0.29, 0.717) is 29.9 Å². The second-order valence-electron chi connectivity index (χ2n) is 8.49. The Labute approximate surface area is 210 Å². The summed E-state index contributed by atoms with van der Waals surface area (Å²) in [6, 6.07) is 15.7. The van der Waals surface area contributed by atoms with E-state index in [9.17, 15) is 4.79 Å². The fraction of sp³-hybridized carbons (Fsp3) is 0.370. The second kappa shape index (κ2) is 11.4. The Hall–Kier alpha value is -3.26. The van der Waals surface area contributed by atoms with Crippen LogP contribution >= 0.6 is 11.8 Å². The largest absolute Gasteiger partial charge is 0.489 e. The van der Waals surface area contributed by atoms with Crippen molar-refractivity contribution in [2.45, 2.75) is 58.3 Å². The normalized spacial score (nSPS) is 14.9. The number of esters is 1. The fourth-order valence-corrected chi connectivity index (χ4v) is 4.79. The molecule has 1 aliphatic rings.